The van der Waals surface area contributed by atoms with Crippen LogP contribution in [-0.2, 0) is 4.79 Å². The summed E-state index contributed by atoms with van der Waals surface area (Å²) in [5.41, 5.74) is 0.995. The van der Waals surface area contributed by atoms with Crippen LogP contribution in [0.4, 0.5) is 5.82 Å². The van der Waals surface area contributed by atoms with E-state index in [1.165, 1.54) is 6.42 Å². The van der Waals surface area contributed by atoms with Gasteiger partial charge in [0.05, 0.1) is 6.04 Å². The van der Waals surface area contributed by atoms with Crippen molar-refractivity contribution in [1.82, 2.24) is 10.3 Å². The third kappa shape index (κ3) is 3.27. The first-order valence-corrected chi connectivity index (χ1v) is 6.23. The molecule has 1 aliphatic rings. The fraction of sp³-hybridized carbons (Fsp3) is 0.538. The maximum atomic E-state index is 12.1. The van der Waals surface area contributed by atoms with Crippen LogP contribution in [-0.4, -0.2) is 23.5 Å². The third-order valence-corrected chi connectivity index (χ3v) is 3.13. The van der Waals surface area contributed by atoms with Crippen molar-refractivity contribution < 1.29 is 4.79 Å². The first-order chi connectivity index (χ1) is 8.27. The largest absolute Gasteiger partial charge is 0.309 e. The zero-order valence-electron chi connectivity index (χ0n) is 10.2. The summed E-state index contributed by atoms with van der Waals surface area (Å²) >= 11 is 0. The highest BCUT2D eigenvalue weighted by molar-refractivity contribution is 5.94. The number of aryl methyl sites for hydroxylation is 1. The van der Waals surface area contributed by atoms with Crippen LogP contribution in [0.5, 0.6) is 0 Å². The monoisotopic (exact) mass is 233 g/mol. The number of anilines is 1. The normalized spacial score (nSPS) is 20.6. The number of carbonyl (C=O) groups excluding carboxylic acids is 1. The van der Waals surface area contributed by atoms with Crippen LogP contribution >= 0.6 is 0 Å². The van der Waals surface area contributed by atoms with E-state index < -0.39 is 0 Å². The fourth-order valence-corrected chi connectivity index (χ4v) is 2.07. The Labute approximate surface area is 102 Å². The molecule has 1 amide bonds. The van der Waals surface area contributed by atoms with Crippen molar-refractivity contribution in [2.45, 2.75) is 38.6 Å². The minimum atomic E-state index is -0.0705. The Bertz CT molecular complexity index is 384. The van der Waals surface area contributed by atoms with E-state index >= 15 is 0 Å². The SMILES string of the molecule is Cc1cccnc1NC(=O)C1CCCCCN1. The molecule has 17 heavy (non-hydrogen) atoms. The number of carbonyl (C=O) groups is 1. The van der Waals surface area contributed by atoms with Gasteiger partial charge in [0.15, 0.2) is 0 Å². The summed E-state index contributed by atoms with van der Waals surface area (Å²) in [6.45, 7) is 2.88. The van der Waals surface area contributed by atoms with Gasteiger partial charge in [0.25, 0.3) is 0 Å². The van der Waals surface area contributed by atoms with E-state index in [-0.39, 0.29) is 11.9 Å². The van der Waals surface area contributed by atoms with E-state index in [1.54, 1.807) is 6.20 Å². The molecule has 0 spiro atoms. The van der Waals surface area contributed by atoms with Gasteiger partial charge in [-0.2, -0.15) is 0 Å². The first kappa shape index (κ1) is 12.0. The van der Waals surface area contributed by atoms with Gasteiger partial charge >= 0.3 is 0 Å². The van der Waals surface area contributed by atoms with Crippen molar-refractivity contribution in [3.8, 4) is 0 Å². The van der Waals surface area contributed by atoms with Crippen molar-refractivity contribution in [2.24, 2.45) is 0 Å². The van der Waals surface area contributed by atoms with Crippen LogP contribution < -0.4 is 10.6 Å². The summed E-state index contributed by atoms with van der Waals surface area (Å²) < 4.78 is 0. The number of pyridine rings is 1. The molecule has 0 aliphatic carbocycles. The zero-order valence-corrected chi connectivity index (χ0v) is 10.2. The maximum Gasteiger partial charge on any atom is 0.242 e. The fourth-order valence-electron chi connectivity index (χ4n) is 2.07. The quantitative estimate of drug-likeness (QED) is 0.819. The highest BCUT2D eigenvalue weighted by atomic mass is 16.2. The van der Waals surface area contributed by atoms with Gasteiger partial charge in [0.1, 0.15) is 5.82 Å². The zero-order chi connectivity index (χ0) is 12.1. The van der Waals surface area contributed by atoms with E-state index in [9.17, 15) is 4.79 Å². The number of nitrogens with one attached hydrogen (secondary N) is 2. The smallest absolute Gasteiger partial charge is 0.242 e. The van der Waals surface area contributed by atoms with E-state index in [4.69, 9.17) is 0 Å². The van der Waals surface area contributed by atoms with Crippen molar-refractivity contribution >= 4 is 11.7 Å². The molecule has 1 aliphatic heterocycles. The molecule has 1 aromatic rings. The van der Waals surface area contributed by atoms with Gasteiger partial charge in [0.2, 0.25) is 5.91 Å². The predicted molar refractivity (Wildman–Crippen MR) is 67.9 cm³/mol. The number of hydrogen-bond acceptors (Lipinski definition) is 3. The Kier molecular flexibility index (Phi) is 4.09. The minimum absolute atomic E-state index is 0.0358. The van der Waals surface area contributed by atoms with Crippen LogP contribution in [0.3, 0.4) is 0 Å². The van der Waals surface area contributed by atoms with Crippen LogP contribution in [0.25, 0.3) is 0 Å². The minimum Gasteiger partial charge on any atom is -0.309 e. The molecule has 2 N–H and O–H groups in total. The molecule has 0 bridgehead atoms. The van der Waals surface area contributed by atoms with E-state index in [1.807, 2.05) is 19.1 Å². The maximum absolute atomic E-state index is 12.1. The van der Waals surface area contributed by atoms with Gasteiger partial charge < -0.3 is 10.6 Å². The Morgan fingerprint density at radius 1 is 1.47 bits per heavy atom. The Balaban J connectivity index is 1.98. The molecule has 1 saturated heterocycles. The average Bonchev–Trinajstić information content (AvgIpc) is 2.61. The molecule has 4 heteroatoms. The van der Waals surface area contributed by atoms with E-state index in [2.05, 4.69) is 15.6 Å². The van der Waals surface area contributed by atoms with Crippen molar-refractivity contribution in [1.29, 1.82) is 0 Å². The standard InChI is InChI=1S/C13H19N3O/c1-10-6-5-9-15-12(10)16-13(17)11-7-3-2-4-8-14-11/h5-6,9,11,14H,2-4,7-8H2,1H3,(H,15,16,17). The molecule has 1 aromatic heterocycles. The van der Waals surface area contributed by atoms with Gasteiger partial charge in [0, 0.05) is 6.20 Å². The second kappa shape index (κ2) is 5.77. The molecule has 1 atom stereocenters. The topological polar surface area (TPSA) is 54.0 Å². The van der Waals surface area contributed by atoms with Crippen LogP contribution in [0.2, 0.25) is 0 Å². The highest BCUT2D eigenvalue weighted by Crippen LogP contribution is 2.13. The van der Waals surface area contributed by atoms with Gasteiger partial charge in [-0.05, 0) is 37.9 Å². The molecule has 92 valence electrons. The lowest BCUT2D eigenvalue weighted by Gasteiger charge is -2.15. The number of hydrogen-bond donors (Lipinski definition) is 2. The molecule has 1 fully saturated rings. The van der Waals surface area contributed by atoms with Gasteiger partial charge in [-0.1, -0.05) is 18.9 Å². The lowest BCUT2D eigenvalue weighted by atomic mass is 10.1. The molecular formula is C13H19N3O. The van der Waals surface area contributed by atoms with Gasteiger partial charge in [-0.25, -0.2) is 4.98 Å². The summed E-state index contributed by atoms with van der Waals surface area (Å²) in [5.74, 6) is 0.706. The Morgan fingerprint density at radius 3 is 3.18 bits per heavy atom. The second-order valence-electron chi connectivity index (χ2n) is 4.51. The van der Waals surface area contributed by atoms with Gasteiger partial charge in [-0.3, -0.25) is 4.79 Å². The van der Waals surface area contributed by atoms with E-state index in [0.29, 0.717) is 5.82 Å². The molecule has 2 rings (SSSR count). The molecular weight excluding hydrogens is 214 g/mol. The lowest BCUT2D eigenvalue weighted by Crippen LogP contribution is -2.40. The molecule has 2 heterocycles. The third-order valence-electron chi connectivity index (χ3n) is 3.13. The number of rotatable bonds is 2. The van der Waals surface area contributed by atoms with Crippen LogP contribution in [0.1, 0.15) is 31.2 Å². The van der Waals surface area contributed by atoms with Crippen molar-refractivity contribution in [2.75, 3.05) is 11.9 Å². The van der Waals surface area contributed by atoms with Gasteiger partial charge in [-0.15, -0.1) is 0 Å². The number of amides is 1. The summed E-state index contributed by atoms with van der Waals surface area (Å²) in [6.07, 6.45) is 6.10. The predicted octanol–water partition coefficient (Wildman–Crippen LogP) is 1.86. The average molecular weight is 233 g/mol. The molecule has 0 radical (unpaired) electrons. The van der Waals surface area contributed by atoms with Crippen molar-refractivity contribution in [3.05, 3.63) is 23.9 Å². The molecule has 0 saturated carbocycles. The van der Waals surface area contributed by atoms with E-state index in [0.717, 1.165) is 31.4 Å². The summed E-state index contributed by atoms with van der Waals surface area (Å²) in [4.78, 5) is 16.2. The number of nitrogens with zero attached hydrogens (tertiary/aromatic N) is 1. The second-order valence-corrected chi connectivity index (χ2v) is 4.51. The first-order valence-electron chi connectivity index (χ1n) is 6.23. The van der Waals surface area contributed by atoms with Crippen LogP contribution in [0, 0.1) is 6.92 Å². The summed E-state index contributed by atoms with van der Waals surface area (Å²) in [6, 6.07) is 3.75. The van der Waals surface area contributed by atoms with Crippen molar-refractivity contribution in [3.63, 3.8) is 0 Å². The molecule has 4 nitrogen and oxygen atoms in total. The summed E-state index contributed by atoms with van der Waals surface area (Å²) in [7, 11) is 0. The Hall–Kier alpha value is -1.42. The summed E-state index contributed by atoms with van der Waals surface area (Å²) in [5, 5.41) is 6.18. The van der Waals surface area contributed by atoms with Crippen LogP contribution in [0.15, 0.2) is 18.3 Å². The Morgan fingerprint density at radius 2 is 2.35 bits per heavy atom. The number of aromatic nitrogens is 1. The molecule has 0 aromatic carbocycles. The highest BCUT2D eigenvalue weighted by Gasteiger charge is 2.20. The lowest BCUT2D eigenvalue weighted by molar-refractivity contribution is -0.118. The molecule has 1 unspecified atom stereocenters.